The predicted octanol–water partition coefficient (Wildman–Crippen LogP) is 3.62. The monoisotopic (exact) mass is 303 g/mol. The zero-order chi connectivity index (χ0) is 14.8. The Kier molecular flexibility index (Phi) is 4.04. The summed E-state index contributed by atoms with van der Waals surface area (Å²) in [5, 5.41) is 0.723. The Morgan fingerprint density at radius 1 is 1.24 bits per heavy atom. The van der Waals surface area contributed by atoms with E-state index in [9.17, 15) is 0 Å². The van der Waals surface area contributed by atoms with Crippen LogP contribution in [0.5, 0.6) is 11.5 Å². The van der Waals surface area contributed by atoms with Crippen LogP contribution in [0.2, 0.25) is 5.02 Å². The highest BCUT2D eigenvalue weighted by Gasteiger charge is 2.18. The van der Waals surface area contributed by atoms with Crippen LogP contribution in [0.4, 0.5) is 0 Å². The van der Waals surface area contributed by atoms with Crippen molar-refractivity contribution < 1.29 is 9.47 Å². The molecule has 0 radical (unpaired) electrons. The molecular formula is C17H18ClNO2. The molecule has 3 nitrogen and oxygen atoms in total. The SMILES string of the molecule is Cc1ccc(OCc2cc(Cl)cc3c2OCC3)c(CN)c1. The Labute approximate surface area is 129 Å². The Morgan fingerprint density at radius 3 is 2.90 bits per heavy atom. The first kappa shape index (κ1) is 14.2. The van der Waals surface area contributed by atoms with E-state index in [-0.39, 0.29) is 0 Å². The van der Waals surface area contributed by atoms with Gasteiger partial charge in [0.05, 0.1) is 6.61 Å². The maximum absolute atomic E-state index is 6.16. The molecule has 0 spiro atoms. The van der Waals surface area contributed by atoms with Gasteiger partial charge in [-0.15, -0.1) is 0 Å². The first-order valence-electron chi connectivity index (χ1n) is 7.04. The van der Waals surface area contributed by atoms with E-state index >= 15 is 0 Å². The summed E-state index contributed by atoms with van der Waals surface area (Å²) in [5.74, 6) is 1.73. The van der Waals surface area contributed by atoms with E-state index in [0.717, 1.165) is 39.6 Å². The summed E-state index contributed by atoms with van der Waals surface area (Å²) in [4.78, 5) is 0. The average molecular weight is 304 g/mol. The molecule has 3 rings (SSSR count). The predicted molar refractivity (Wildman–Crippen MR) is 84.1 cm³/mol. The van der Waals surface area contributed by atoms with E-state index in [1.54, 1.807) is 0 Å². The van der Waals surface area contributed by atoms with Crippen molar-refractivity contribution >= 4 is 11.6 Å². The third kappa shape index (κ3) is 2.99. The third-order valence-corrected chi connectivity index (χ3v) is 3.86. The quantitative estimate of drug-likeness (QED) is 0.938. The van der Waals surface area contributed by atoms with Crippen LogP contribution in [0.3, 0.4) is 0 Å². The minimum Gasteiger partial charge on any atom is -0.493 e. The normalized spacial score (nSPS) is 12.9. The number of hydrogen-bond donors (Lipinski definition) is 1. The van der Waals surface area contributed by atoms with Gasteiger partial charge in [-0.2, -0.15) is 0 Å². The maximum atomic E-state index is 6.16. The molecule has 0 aliphatic carbocycles. The number of rotatable bonds is 4. The second-order valence-corrected chi connectivity index (χ2v) is 5.69. The molecule has 2 aromatic carbocycles. The Balaban J connectivity index is 1.83. The molecule has 2 N–H and O–H groups in total. The van der Waals surface area contributed by atoms with Crippen LogP contribution >= 0.6 is 11.6 Å². The summed E-state index contributed by atoms with van der Waals surface area (Å²) in [6.07, 6.45) is 0.904. The number of nitrogens with two attached hydrogens (primary N) is 1. The van der Waals surface area contributed by atoms with Crippen LogP contribution in [0, 0.1) is 6.92 Å². The lowest BCUT2D eigenvalue weighted by atomic mass is 10.1. The van der Waals surface area contributed by atoms with E-state index in [0.29, 0.717) is 19.8 Å². The average Bonchev–Trinajstić information content (AvgIpc) is 2.93. The van der Waals surface area contributed by atoms with Crippen LogP contribution in [0.25, 0.3) is 0 Å². The van der Waals surface area contributed by atoms with E-state index in [2.05, 4.69) is 0 Å². The Hall–Kier alpha value is -1.71. The molecule has 0 saturated carbocycles. The molecular weight excluding hydrogens is 286 g/mol. The van der Waals surface area contributed by atoms with Crippen molar-refractivity contribution in [1.29, 1.82) is 0 Å². The highest BCUT2D eigenvalue weighted by atomic mass is 35.5. The second kappa shape index (κ2) is 5.96. The summed E-state index contributed by atoms with van der Waals surface area (Å²) in [7, 11) is 0. The molecule has 0 bridgehead atoms. The van der Waals surface area contributed by atoms with Gasteiger partial charge >= 0.3 is 0 Å². The maximum Gasteiger partial charge on any atom is 0.129 e. The van der Waals surface area contributed by atoms with Crippen LogP contribution < -0.4 is 15.2 Å². The largest absolute Gasteiger partial charge is 0.493 e. The van der Waals surface area contributed by atoms with Crippen molar-refractivity contribution in [2.75, 3.05) is 6.61 Å². The lowest BCUT2D eigenvalue weighted by Crippen LogP contribution is -2.04. The van der Waals surface area contributed by atoms with Gasteiger partial charge < -0.3 is 15.2 Å². The molecule has 2 aromatic rings. The molecule has 0 aromatic heterocycles. The van der Waals surface area contributed by atoms with E-state index in [1.165, 1.54) is 5.56 Å². The molecule has 1 heterocycles. The fourth-order valence-corrected chi connectivity index (χ4v) is 2.88. The van der Waals surface area contributed by atoms with Crippen molar-refractivity contribution in [3.8, 4) is 11.5 Å². The number of hydrogen-bond acceptors (Lipinski definition) is 3. The molecule has 1 aliphatic heterocycles. The molecule has 21 heavy (non-hydrogen) atoms. The highest BCUT2D eigenvalue weighted by Crippen LogP contribution is 2.33. The number of halogens is 1. The number of aryl methyl sites for hydroxylation is 1. The summed E-state index contributed by atoms with van der Waals surface area (Å²) in [6.45, 7) is 3.64. The summed E-state index contributed by atoms with van der Waals surface area (Å²) >= 11 is 6.16. The molecule has 0 amide bonds. The van der Waals surface area contributed by atoms with Gasteiger partial charge in [0.15, 0.2) is 0 Å². The van der Waals surface area contributed by atoms with Gasteiger partial charge in [0, 0.05) is 29.1 Å². The standard InChI is InChI=1S/C17H18ClNO2/c1-11-2-3-16(13(6-11)9-19)21-10-14-8-15(18)7-12-4-5-20-17(12)14/h2-3,6-8H,4-5,9-10,19H2,1H3. The lowest BCUT2D eigenvalue weighted by Gasteiger charge is -2.13. The van der Waals surface area contributed by atoms with Crippen LogP contribution in [-0.4, -0.2) is 6.61 Å². The van der Waals surface area contributed by atoms with E-state index in [4.69, 9.17) is 26.8 Å². The fourth-order valence-electron chi connectivity index (χ4n) is 2.62. The summed E-state index contributed by atoms with van der Waals surface area (Å²) < 4.78 is 11.6. The molecule has 0 saturated heterocycles. The van der Waals surface area contributed by atoms with Crippen molar-refractivity contribution in [1.82, 2.24) is 0 Å². The lowest BCUT2D eigenvalue weighted by molar-refractivity contribution is 0.289. The highest BCUT2D eigenvalue weighted by molar-refractivity contribution is 6.30. The first-order chi connectivity index (χ1) is 10.2. The summed E-state index contributed by atoms with van der Waals surface area (Å²) in [6, 6.07) is 9.90. The minimum absolute atomic E-state index is 0.430. The number of fused-ring (bicyclic) bond motifs is 1. The van der Waals surface area contributed by atoms with Crippen LogP contribution in [0.1, 0.15) is 22.3 Å². The van der Waals surface area contributed by atoms with E-state index in [1.807, 2.05) is 37.3 Å². The zero-order valence-electron chi connectivity index (χ0n) is 12.0. The topological polar surface area (TPSA) is 44.5 Å². The summed E-state index contributed by atoms with van der Waals surface area (Å²) in [5.41, 5.74) is 10.1. The van der Waals surface area contributed by atoms with Crippen molar-refractivity contribution in [2.24, 2.45) is 5.73 Å². The van der Waals surface area contributed by atoms with Crippen molar-refractivity contribution in [3.05, 3.63) is 57.6 Å². The van der Waals surface area contributed by atoms with Crippen LogP contribution in [-0.2, 0) is 19.6 Å². The molecule has 4 heteroatoms. The third-order valence-electron chi connectivity index (χ3n) is 3.64. The fraction of sp³-hybridized carbons (Fsp3) is 0.294. The first-order valence-corrected chi connectivity index (χ1v) is 7.41. The number of benzene rings is 2. The Bertz CT molecular complexity index is 670. The van der Waals surface area contributed by atoms with Gasteiger partial charge in [0.25, 0.3) is 0 Å². The molecule has 1 aliphatic rings. The van der Waals surface area contributed by atoms with Gasteiger partial charge in [0.1, 0.15) is 18.1 Å². The van der Waals surface area contributed by atoms with Crippen molar-refractivity contribution in [3.63, 3.8) is 0 Å². The zero-order valence-corrected chi connectivity index (χ0v) is 12.7. The Morgan fingerprint density at radius 2 is 2.10 bits per heavy atom. The molecule has 0 atom stereocenters. The van der Waals surface area contributed by atoms with Gasteiger partial charge in [-0.05, 0) is 30.7 Å². The van der Waals surface area contributed by atoms with Crippen LogP contribution in [0.15, 0.2) is 30.3 Å². The van der Waals surface area contributed by atoms with E-state index < -0.39 is 0 Å². The van der Waals surface area contributed by atoms with Gasteiger partial charge in [0.2, 0.25) is 0 Å². The minimum atomic E-state index is 0.430. The smallest absolute Gasteiger partial charge is 0.129 e. The van der Waals surface area contributed by atoms with Gasteiger partial charge in [-0.25, -0.2) is 0 Å². The molecule has 0 fully saturated rings. The molecule has 110 valence electrons. The second-order valence-electron chi connectivity index (χ2n) is 5.26. The number of ether oxygens (including phenoxy) is 2. The van der Waals surface area contributed by atoms with Crippen molar-refractivity contribution in [2.45, 2.75) is 26.5 Å². The van der Waals surface area contributed by atoms with Gasteiger partial charge in [-0.3, -0.25) is 0 Å². The molecule has 0 unspecified atom stereocenters. The van der Waals surface area contributed by atoms with Gasteiger partial charge in [-0.1, -0.05) is 29.3 Å².